The van der Waals surface area contributed by atoms with Crippen molar-refractivity contribution in [3.05, 3.63) is 0 Å². The molecule has 0 aromatic carbocycles. The minimum atomic E-state index is 0.168. The van der Waals surface area contributed by atoms with E-state index in [-0.39, 0.29) is 11.9 Å². The fraction of sp³-hybridized carbons (Fsp3) is 0.929. The van der Waals surface area contributed by atoms with E-state index in [1.54, 1.807) is 0 Å². The highest BCUT2D eigenvalue weighted by molar-refractivity contribution is 5.77. The highest BCUT2D eigenvalue weighted by atomic mass is 16.5. The monoisotopic (exact) mass is 269 g/mol. The van der Waals surface area contributed by atoms with Crippen LogP contribution in [-0.2, 0) is 9.53 Å². The number of hydrogen-bond acceptors (Lipinski definition) is 4. The second-order valence-electron chi connectivity index (χ2n) is 5.56. The molecule has 2 fully saturated rings. The van der Waals surface area contributed by atoms with Crippen LogP contribution < -0.4 is 5.73 Å². The van der Waals surface area contributed by atoms with Crippen molar-refractivity contribution in [3.63, 3.8) is 0 Å². The number of carbonyl (C=O) groups is 1. The second kappa shape index (κ2) is 7.22. The van der Waals surface area contributed by atoms with Gasteiger partial charge in [0.25, 0.3) is 0 Å². The van der Waals surface area contributed by atoms with E-state index in [0.29, 0.717) is 19.0 Å². The summed E-state index contributed by atoms with van der Waals surface area (Å²) in [6, 6.07) is 0.579. The Hall–Kier alpha value is -0.650. The molecule has 2 saturated heterocycles. The molecule has 0 saturated carbocycles. The summed E-state index contributed by atoms with van der Waals surface area (Å²) in [5, 5.41) is 0. The Balaban J connectivity index is 1.92. The van der Waals surface area contributed by atoms with Crippen molar-refractivity contribution in [2.45, 2.75) is 44.7 Å². The standard InChI is InChI=1S/C14H27N3O2/c1-2-12-11-19-8-7-17(12)13(10-15)9-14(18)16-5-3-4-6-16/h12-13H,2-11,15H2,1H3. The zero-order valence-corrected chi connectivity index (χ0v) is 12.0. The van der Waals surface area contributed by atoms with Crippen LogP contribution in [0.15, 0.2) is 0 Å². The fourth-order valence-corrected chi connectivity index (χ4v) is 3.13. The third-order valence-electron chi connectivity index (χ3n) is 4.35. The SMILES string of the molecule is CCC1COCCN1C(CN)CC(=O)N1CCCC1. The van der Waals surface area contributed by atoms with Gasteiger partial charge in [0, 0.05) is 44.7 Å². The first-order valence-electron chi connectivity index (χ1n) is 7.57. The third kappa shape index (κ3) is 3.68. The number of likely N-dealkylation sites (tertiary alicyclic amines) is 1. The molecule has 2 aliphatic rings. The Bertz CT molecular complexity index is 292. The summed E-state index contributed by atoms with van der Waals surface area (Å²) >= 11 is 0. The Labute approximate surface area is 116 Å². The maximum Gasteiger partial charge on any atom is 0.224 e. The van der Waals surface area contributed by atoms with E-state index in [0.717, 1.165) is 52.1 Å². The molecule has 2 rings (SSSR count). The van der Waals surface area contributed by atoms with E-state index in [9.17, 15) is 4.79 Å². The molecule has 0 bridgehead atoms. The van der Waals surface area contributed by atoms with Crippen LogP contribution in [-0.4, -0.2) is 67.2 Å². The smallest absolute Gasteiger partial charge is 0.224 e. The molecule has 110 valence electrons. The van der Waals surface area contributed by atoms with Gasteiger partial charge in [-0.05, 0) is 19.3 Å². The lowest BCUT2D eigenvalue weighted by atomic mass is 10.1. The van der Waals surface area contributed by atoms with Crippen molar-refractivity contribution < 1.29 is 9.53 Å². The number of nitrogens with zero attached hydrogens (tertiary/aromatic N) is 2. The van der Waals surface area contributed by atoms with E-state index in [1.165, 1.54) is 0 Å². The first kappa shape index (κ1) is 14.8. The highest BCUT2D eigenvalue weighted by Crippen LogP contribution is 2.18. The highest BCUT2D eigenvalue weighted by Gasteiger charge is 2.30. The van der Waals surface area contributed by atoms with Gasteiger partial charge in [0.2, 0.25) is 5.91 Å². The van der Waals surface area contributed by atoms with Gasteiger partial charge in [-0.2, -0.15) is 0 Å². The molecule has 5 heteroatoms. The van der Waals surface area contributed by atoms with Gasteiger partial charge in [0.05, 0.1) is 13.2 Å². The van der Waals surface area contributed by atoms with Crippen LogP contribution in [0.5, 0.6) is 0 Å². The van der Waals surface area contributed by atoms with Crippen molar-refractivity contribution in [1.82, 2.24) is 9.80 Å². The number of amides is 1. The molecule has 2 unspecified atom stereocenters. The van der Waals surface area contributed by atoms with Gasteiger partial charge in [0.1, 0.15) is 0 Å². The van der Waals surface area contributed by atoms with E-state index < -0.39 is 0 Å². The van der Waals surface area contributed by atoms with Crippen LogP contribution in [0.3, 0.4) is 0 Å². The number of rotatable bonds is 5. The molecule has 1 amide bonds. The van der Waals surface area contributed by atoms with E-state index >= 15 is 0 Å². The summed E-state index contributed by atoms with van der Waals surface area (Å²) in [4.78, 5) is 16.6. The first-order chi connectivity index (χ1) is 9.26. The molecule has 2 N–H and O–H groups in total. The fourth-order valence-electron chi connectivity index (χ4n) is 3.13. The van der Waals surface area contributed by atoms with Gasteiger partial charge in [-0.1, -0.05) is 6.92 Å². The third-order valence-corrected chi connectivity index (χ3v) is 4.35. The Morgan fingerprint density at radius 3 is 2.74 bits per heavy atom. The Morgan fingerprint density at radius 2 is 2.11 bits per heavy atom. The summed E-state index contributed by atoms with van der Waals surface area (Å²) in [7, 11) is 0. The first-order valence-corrected chi connectivity index (χ1v) is 7.57. The Morgan fingerprint density at radius 1 is 1.37 bits per heavy atom. The van der Waals surface area contributed by atoms with Crippen LogP contribution in [0.1, 0.15) is 32.6 Å². The summed E-state index contributed by atoms with van der Waals surface area (Å²) in [5.74, 6) is 0.272. The number of hydrogen-bond donors (Lipinski definition) is 1. The van der Waals surface area contributed by atoms with Crippen molar-refractivity contribution in [3.8, 4) is 0 Å². The molecule has 0 aromatic rings. The van der Waals surface area contributed by atoms with Gasteiger partial charge in [-0.3, -0.25) is 9.69 Å². The lowest BCUT2D eigenvalue weighted by molar-refractivity contribution is -0.132. The predicted octanol–water partition coefficient (Wildman–Crippen LogP) is 0.437. The van der Waals surface area contributed by atoms with Gasteiger partial charge in [-0.25, -0.2) is 0 Å². The zero-order valence-electron chi connectivity index (χ0n) is 12.0. The van der Waals surface area contributed by atoms with Crippen molar-refractivity contribution >= 4 is 5.91 Å². The average Bonchev–Trinajstić information content (AvgIpc) is 2.98. The quantitative estimate of drug-likeness (QED) is 0.786. The minimum Gasteiger partial charge on any atom is -0.378 e. The molecule has 19 heavy (non-hydrogen) atoms. The number of carbonyl (C=O) groups excluding carboxylic acids is 1. The van der Waals surface area contributed by atoms with Crippen LogP contribution in [0.25, 0.3) is 0 Å². The maximum absolute atomic E-state index is 12.3. The average molecular weight is 269 g/mol. The molecule has 0 aromatic heterocycles. The zero-order chi connectivity index (χ0) is 13.7. The van der Waals surface area contributed by atoms with Gasteiger partial charge in [-0.15, -0.1) is 0 Å². The number of nitrogens with two attached hydrogens (primary N) is 1. The summed E-state index contributed by atoms with van der Waals surface area (Å²) in [6.07, 6.45) is 3.91. The van der Waals surface area contributed by atoms with Gasteiger partial charge < -0.3 is 15.4 Å². The molecular formula is C14H27N3O2. The van der Waals surface area contributed by atoms with Crippen molar-refractivity contribution in [2.75, 3.05) is 39.4 Å². The lowest BCUT2D eigenvalue weighted by Crippen LogP contribution is -2.54. The van der Waals surface area contributed by atoms with Crippen LogP contribution >= 0.6 is 0 Å². The van der Waals surface area contributed by atoms with E-state index in [4.69, 9.17) is 10.5 Å². The lowest BCUT2D eigenvalue weighted by Gasteiger charge is -2.40. The molecule has 0 radical (unpaired) electrons. The molecular weight excluding hydrogens is 242 g/mol. The summed E-state index contributed by atoms with van der Waals surface area (Å²) in [5.41, 5.74) is 5.91. The molecule has 5 nitrogen and oxygen atoms in total. The van der Waals surface area contributed by atoms with Gasteiger partial charge in [0.15, 0.2) is 0 Å². The maximum atomic E-state index is 12.3. The molecule has 2 heterocycles. The van der Waals surface area contributed by atoms with Crippen molar-refractivity contribution in [2.24, 2.45) is 5.73 Å². The normalized spacial score (nSPS) is 26.6. The molecule has 0 spiro atoms. The predicted molar refractivity (Wildman–Crippen MR) is 74.9 cm³/mol. The Kier molecular flexibility index (Phi) is 5.60. The molecule has 2 atom stereocenters. The topological polar surface area (TPSA) is 58.8 Å². The molecule has 0 aliphatic carbocycles. The van der Waals surface area contributed by atoms with Crippen LogP contribution in [0.4, 0.5) is 0 Å². The van der Waals surface area contributed by atoms with E-state index in [2.05, 4.69) is 11.8 Å². The van der Waals surface area contributed by atoms with Crippen LogP contribution in [0, 0.1) is 0 Å². The van der Waals surface area contributed by atoms with Gasteiger partial charge >= 0.3 is 0 Å². The number of morpholine rings is 1. The number of ether oxygens (including phenoxy) is 1. The second-order valence-corrected chi connectivity index (χ2v) is 5.56. The minimum absolute atomic E-state index is 0.168. The van der Waals surface area contributed by atoms with Crippen molar-refractivity contribution in [1.29, 1.82) is 0 Å². The van der Waals surface area contributed by atoms with E-state index in [1.807, 2.05) is 4.90 Å². The summed E-state index contributed by atoms with van der Waals surface area (Å²) in [6.45, 7) is 6.99. The largest absolute Gasteiger partial charge is 0.378 e. The van der Waals surface area contributed by atoms with Crippen LogP contribution in [0.2, 0.25) is 0 Å². The summed E-state index contributed by atoms with van der Waals surface area (Å²) < 4.78 is 5.52. The molecule has 2 aliphatic heterocycles.